The number of anilines is 1. The summed E-state index contributed by atoms with van der Waals surface area (Å²) in [7, 11) is 2.29. The van der Waals surface area contributed by atoms with Gasteiger partial charge >= 0.3 is 0 Å². The van der Waals surface area contributed by atoms with Crippen molar-refractivity contribution in [2.45, 2.75) is 71.9 Å². The molecule has 0 spiro atoms. The van der Waals surface area contributed by atoms with Crippen molar-refractivity contribution in [3.05, 3.63) is 28.8 Å². The van der Waals surface area contributed by atoms with Gasteiger partial charge in [0.15, 0.2) is 8.32 Å². The summed E-state index contributed by atoms with van der Waals surface area (Å²) >= 11 is 0. The average Bonchev–Trinajstić information content (AvgIpc) is 2.33. The Morgan fingerprint density at radius 3 is 2.00 bits per heavy atom. The molecular formula is C19H35NO2Si. The highest BCUT2D eigenvalue weighted by Gasteiger charge is 2.37. The Balaban J connectivity index is 3.28. The van der Waals surface area contributed by atoms with E-state index >= 15 is 0 Å². The van der Waals surface area contributed by atoms with Gasteiger partial charge in [0.2, 0.25) is 0 Å². The number of aliphatic hydroxyl groups is 1. The van der Waals surface area contributed by atoms with E-state index in [-0.39, 0.29) is 5.04 Å². The highest BCUT2D eigenvalue weighted by molar-refractivity contribution is 6.74. The van der Waals surface area contributed by atoms with E-state index in [9.17, 15) is 5.11 Å². The van der Waals surface area contributed by atoms with E-state index in [1.54, 1.807) is 0 Å². The zero-order valence-electron chi connectivity index (χ0n) is 16.7. The summed E-state index contributed by atoms with van der Waals surface area (Å²) in [5.41, 5.74) is 3.59. The van der Waals surface area contributed by atoms with Crippen LogP contribution < -0.4 is 4.90 Å². The molecule has 3 nitrogen and oxygen atoms in total. The van der Waals surface area contributed by atoms with Gasteiger partial charge in [0.1, 0.15) is 0 Å². The molecule has 0 fully saturated rings. The van der Waals surface area contributed by atoms with Crippen molar-refractivity contribution >= 4 is 14.0 Å². The van der Waals surface area contributed by atoms with Crippen LogP contribution in [0, 0.1) is 6.92 Å². The lowest BCUT2D eigenvalue weighted by Gasteiger charge is -2.37. The van der Waals surface area contributed by atoms with E-state index in [4.69, 9.17) is 4.43 Å². The topological polar surface area (TPSA) is 32.7 Å². The van der Waals surface area contributed by atoms with Gasteiger partial charge in [-0.1, -0.05) is 26.8 Å². The van der Waals surface area contributed by atoms with Crippen LogP contribution in [0.3, 0.4) is 0 Å². The maximum atomic E-state index is 10.4. The molecule has 0 aliphatic carbocycles. The largest absolute Gasteiger partial charge is 0.412 e. The van der Waals surface area contributed by atoms with Gasteiger partial charge in [-0.15, -0.1) is 0 Å². The second-order valence-corrected chi connectivity index (χ2v) is 13.5. The molecule has 0 aliphatic rings. The lowest BCUT2D eigenvalue weighted by atomic mass is 9.90. The molecule has 4 heteroatoms. The van der Waals surface area contributed by atoms with Crippen LogP contribution in [0.2, 0.25) is 18.1 Å². The molecule has 0 unspecified atom stereocenters. The monoisotopic (exact) mass is 337 g/mol. The highest BCUT2D eigenvalue weighted by atomic mass is 28.4. The molecule has 0 amide bonds. The standard InChI is InChI=1S/C19H35NO2Si/c1-14-15(13-22-23(9,10)18(2,3)4)17(20(7)8)12-11-16(14)19(5,6)21/h11-12,21H,13H2,1-10H3. The van der Waals surface area contributed by atoms with Crippen LogP contribution in [-0.2, 0) is 16.6 Å². The first-order valence-electron chi connectivity index (χ1n) is 8.35. The molecule has 1 aromatic carbocycles. The van der Waals surface area contributed by atoms with Crippen LogP contribution in [0.25, 0.3) is 0 Å². The van der Waals surface area contributed by atoms with Crippen molar-refractivity contribution < 1.29 is 9.53 Å². The fraction of sp³-hybridized carbons (Fsp3) is 0.684. The van der Waals surface area contributed by atoms with Gasteiger partial charge in [-0.25, -0.2) is 0 Å². The second-order valence-electron chi connectivity index (χ2n) is 8.74. The number of rotatable bonds is 5. The maximum Gasteiger partial charge on any atom is 0.192 e. The molecule has 0 aromatic heterocycles. The molecule has 0 atom stereocenters. The van der Waals surface area contributed by atoms with Gasteiger partial charge in [-0.2, -0.15) is 0 Å². The lowest BCUT2D eigenvalue weighted by Crippen LogP contribution is -2.40. The Kier molecular flexibility index (Phi) is 5.78. The van der Waals surface area contributed by atoms with E-state index in [0.29, 0.717) is 6.61 Å². The molecule has 1 N–H and O–H groups in total. The van der Waals surface area contributed by atoms with Crippen LogP contribution in [-0.4, -0.2) is 27.5 Å². The normalized spacial score (nSPS) is 13.3. The number of benzene rings is 1. The van der Waals surface area contributed by atoms with Crippen molar-refractivity contribution in [3.63, 3.8) is 0 Å². The summed E-state index contributed by atoms with van der Waals surface area (Å²) < 4.78 is 6.45. The minimum atomic E-state index is -1.81. The molecule has 0 saturated heterocycles. The fourth-order valence-electron chi connectivity index (χ4n) is 2.48. The third-order valence-electron chi connectivity index (χ3n) is 5.10. The summed E-state index contributed by atoms with van der Waals surface area (Å²) in [6.07, 6.45) is 0. The predicted molar refractivity (Wildman–Crippen MR) is 103 cm³/mol. The van der Waals surface area contributed by atoms with E-state index in [1.807, 2.05) is 34.0 Å². The van der Waals surface area contributed by atoms with Gasteiger partial charge in [0.05, 0.1) is 12.2 Å². The molecule has 0 bridgehead atoms. The van der Waals surface area contributed by atoms with Gasteiger partial charge in [-0.3, -0.25) is 0 Å². The third-order valence-corrected chi connectivity index (χ3v) is 9.58. The molecule has 0 aliphatic heterocycles. The Morgan fingerprint density at radius 2 is 1.61 bits per heavy atom. The Morgan fingerprint density at radius 1 is 1.09 bits per heavy atom. The first-order chi connectivity index (χ1) is 10.2. The minimum Gasteiger partial charge on any atom is -0.412 e. The quantitative estimate of drug-likeness (QED) is 0.783. The maximum absolute atomic E-state index is 10.4. The SMILES string of the molecule is Cc1c(C(C)(C)O)ccc(N(C)C)c1CO[Si](C)(C)C(C)(C)C. The predicted octanol–water partition coefficient (Wildman–Crippen LogP) is 4.81. The molecule has 1 aromatic rings. The summed E-state index contributed by atoms with van der Waals surface area (Å²) in [5.74, 6) is 0. The molecule has 0 saturated carbocycles. The summed E-state index contributed by atoms with van der Waals surface area (Å²) in [6.45, 7) is 17.7. The average molecular weight is 338 g/mol. The van der Waals surface area contributed by atoms with Gasteiger partial charge in [0.25, 0.3) is 0 Å². The van der Waals surface area contributed by atoms with Gasteiger partial charge in [0, 0.05) is 25.3 Å². The first kappa shape index (κ1) is 20.2. The van der Waals surface area contributed by atoms with Crippen LogP contribution >= 0.6 is 0 Å². The summed E-state index contributed by atoms with van der Waals surface area (Å²) in [5, 5.41) is 10.6. The van der Waals surface area contributed by atoms with Crippen molar-refractivity contribution in [2.24, 2.45) is 0 Å². The Labute approximate surface area is 143 Å². The summed E-state index contributed by atoms with van der Waals surface area (Å²) in [6, 6.07) is 4.12. The molecular weight excluding hydrogens is 302 g/mol. The molecule has 132 valence electrons. The van der Waals surface area contributed by atoms with E-state index < -0.39 is 13.9 Å². The van der Waals surface area contributed by atoms with Crippen molar-refractivity contribution in [1.29, 1.82) is 0 Å². The molecule has 23 heavy (non-hydrogen) atoms. The Bertz CT molecular complexity index is 552. The number of hydrogen-bond acceptors (Lipinski definition) is 3. The Hall–Kier alpha value is -0.843. The van der Waals surface area contributed by atoms with Crippen molar-refractivity contribution in [2.75, 3.05) is 19.0 Å². The zero-order chi connectivity index (χ0) is 18.2. The molecule has 0 radical (unpaired) electrons. The van der Waals surface area contributed by atoms with Gasteiger partial charge in [-0.05, 0) is 56.1 Å². The third kappa shape index (κ3) is 4.58. The lowest BCUT2D eigenvalue weighted by molar-refractivity contribution is 0.0777. The second kappa shape index (κ2) is 6.58. The molecule has 1 rings (SSSR count). The minimum absolute atomic E-state index is 0.188. The van der Waals surface area contributed by atoms with Crippen molar-refractivity contribution in [3.8, 4) is 0 Å². The van der Waals surface area contributed by atoms with E-state index in [1.165, 1.54) is 5.56 Å². The van der Waals surface area contributed by atoms with Gasteiger partial charge < -0.3 is 14.4 Å². The fourth-order valence-corrected chi connectivity index (χ4v) is 3.41. The van der Waals surface area contributed by atoms with Crippen LogP contribution in [0.5, 0.6) is 0 Å². The van der Waals surface area contributed by atoms with E-state index in [0.717, 1.165) is 16.8 Å². The number of nitrogens with zero attached hydrogens (tertiary/aromatic N) is 1. The van der Waals surface area contributed by atoms with Crippen LogP contribution in [0.1, 0.15) is 51.3 Å². The first-order valence-corrected chi connectivity index (χ1v) is 11.3. The molecule has 0 heterocycles. The van der Waals surface area contributed by atoms with Crippen LogP contribution in [0.4, 0.5) is 5.69 Å². The van der Waals surface area contributed by atoms with Crippen LogP contribution in [0.15, 0.2) is 12.1 Å². The summed E-state index contributed by atoms with van der Waals surface area (Å²) in [4.78, 5) is 2.12. The van der Waals surface area contributed by atoms with Crippen molar-refractivity contribution in [1.82, 2.24) is 0 Å². The van der Waals surface area contributed by atoms with E-state index in [2.05, 4.69) is 51.8 Å². The number of hydrogen-bond donors (Lipinski definition) is 1. The smallest absolute Gasteiger partial charge is 0.192 e. The zero-order valence-corrected chi connectivity index (χ0v) is 17.7. The highest BCUT2D eigenvalue weighted by Crippen LogP contribution is 2.38.